The molecule has 156 valence electrons. The summed E-state index contributed by atoms with van der Waals surface area (Å²) in [5.74, 6) is -0.664. The number of urea groups is 1. The van der Waals surface area contributed by atoms with E-state index in [1.807, 2.05) is 6.92 Å². The van der Waals surface area contributed by atoms with E-state index in [-0.39, 0.29) is 28.7 Å². The quantitative estimate of drug-likeness (QED) is 0.612. The van der Waals surface area contributed by atoms with E-state index in [2.05, 4.69) is 10.6 Å². The number of nitrogens with one attached hydrogen (secondary N) is 2. The van der Waals surface area contributed by atoms with Crippen molar-refractivity contribution in [1.82, 2.24) is 0 Å². The summed E-state index contributed by atoms with van der Waals surface area (Å²) in [6.45, 7) is 7.63. The van der Waals surface area contributed by atoms with Crippen molar-refractivity contribution in [3.63, 3.8) is 0 Å². The van der Waals surface area contributed by atoms with Gasteiger partial charge in [-0.2, -0.15) is 0 Å². The van der Waals surface area contributed by atoms with Crippen LogP contribution in [0.1, 0.15) is 46.4 Å². The molecular weight excluding hydrogens is 396 g/mol. The number of esters is 2. The van der Waals surface area contributed by atoms with Crippen LogP contribution >= 0.6 is 11.3 Å². The van der Waals surface area contributed by atoms with Crippen molar-refractivity contribution in [3.05, 3.63) is 40.3 Å². The minimum atomic E-state index is -0.623. The molecule has 0 bridgehead atoms. The van der Waals surface area contributed by atoms with Crippen LogP contribution in [0, 0.1) is 6.92 Å². The lowest BCUT2D eigenvalue weighted by Crippen LogP contribution is -2.21. The second-order valence-electron chi connectivity index (χ2n) is 5.71. The number of amides is 2. The average molecular weight is 420 g/mol. The summed E-state index contributed by atoms with van der Waals surface area (Å²) in [5, 5.41) is 5.52. The number of benzene rings is 1. The molecule has 0 unspecified atom stereocenters. The van der Waals surface area contributed by atoms with Gasteiger partial charge < -0.3 is 19.5 Å². The third-order valence-corrected chi connectivity index (χ3v) is 4.94. The van der Waals surface area contributed by atoms with E-state index in [4.69, 9.17) is 14.2 Å². The Hall–Kier alpha value is -3.07. The van der Waals surface area contributed by atoms with Crippen molar-refractivity contribution in [3.8, 4) is 5.75 Å². The van der Waals surface area contributed by atoms with Crippen molar-refractivity contribution < 1.29 is 28.6 Å². The van der Waals surface area contributed by atoms with E-state index in [1.54, 1.807) is 45.0 Å². The molecule has 0 spiro atoms. The highest BCUT2D eigenvalue weighted by atomic mass is 32.1. The number of ether oxygens (including phenoxy) is 3. The number of hydrogen-bond donors (Lipinski definition) is 2. The van der Waals surface area contributed by atoms with Crippen LogP contribution < -0.4 is 15.4 Å². The fourth-order valence-electron chi connectivity index (χ4n) is 2.55. The van der Waals surface area contributed by atoms with E-state index < -0.39 is 18.0 Å². The normalized spacial score (nSPS) is 10.2. The molecule has 2 amide bonds. The highest BCUT2D eigenvalue weighted by Gasteiger charge is 2.27. The van der Waals surface area contributed by atoms with Gasteiger partial charge in [-0.3, -0.25) is 5.32 Å². The summed E-state index contributed by atoms with van der Waals surface area (Å²) in [6, 6.07) is 6.40. The number of thiophene rings is 1. The molecule has 29 heavy (non-hydrogen) atoms. The summed E-state index contributed by atoms with van der Waals surface area (Å²) in [5.41, 5.74) is 1.01. The Kier molecular flexibility index (Phi) is 8.02. The number of carbonyl (C=O) groups is 3. The van der Waals surface area contributed by atoms with Gasteiger partial charge in [-0.05, 0) is 45.4 Å². The smallest absolute Gasteiger partial charge is 0.348 e. The summed E-state index contributed by atoms with van der Waals surface area (Å²) in [7, 11) is 0. The lowest BCUT2D eigenvalue weighted by atomic mass is 10.1. The minimum absolute atomic E-state index is 0.133. The third kappa shape index (κ3) is 5.47. The molecule has 0 aliphatic rings. The SMILES string of the molecule is CCOC(=O)c1sc(NC(=O)Nc2ccccc2OCC)c(C(=O)OCC)c1C. The van der Waals surface area contributed by atoms with E-state index in [1.165, 1.54) is 0 Å². The summed E-state index contributed by atoms with van der Waals surface area (Å²) in [4.78, 5) is 37.4. The van der Waals surface area contributed by atoms with Gasteiger partial charge in [0.2, 0.25) is 0 Å². The number of anilines is 2. The third-order valence-electron chi connectivity index (χ3n) is 3.75. The zero-order valence-corrected chi connectivity index (χ0v) is 17.6. The first-order chi connectivity index (χ1) is 13.9. The van der Waals surface area contributed by atoms with E-state index in [0.29, 0.717) is 23.6 Å². The molecule has 0 atom stereocenters. The lowest BCUT2D eigenvalue weighted by molar-refractivity contribution is 0.0527. The summed E-state index contributed by atoms with van der Waals surface area (Å²) < 4.78 is 15.6. The molecule has 0 fully saturated rings. The Morgan fingerprint density at radius 3 is 2.24 bits per heavy atom. The van der Waals surface area contributed by atoms with Gasteiger partial charge in [0.1, 0.15) is 15.6 Å². The van der Waals surface area contributed by atoms with E-state index in [9.17, 15) is 14.4 Å². The molecule has 1 aromatic heterocycles. The predicted molar refractivity (Wildman–Crippen MR) is 111 cm³/mol. The zero-order chi connectivity index (χ0) is 21.4. The molecule has 2 aromatic rings. The van der Waals surface area contributed by atoms with Crippen LogP contribution in [0.25, 0.3) is 0 Å². The molecule has 0 radical (unpaired) electrons. The highest BCUT2D eigenvalue weighted by molar-refractivity contribution is 7.18. The van der Waals surface area contributed by atoms with Gasteiger partial charge in [0.05, 0.1) is 31.1 Å². The summed E-state index contributed by atoms with van der Waals surface area (Å²) in [6.07, 6.45) is 0. The maximum absolute atomic E-state index is 12.5. The van der Waals surface area contributed by atoms with Crippen LogP contribution in [0.2, 0.25) is 0 Å². The Bertz CT molecular complexity index is 893. The molecular formula is C20H24N2O6S. The minimum Gasteiger partial charge on any atom is -0.492 e. The number of rotatable bonds is 8. The van der Waals surface area contributed by atoms with Crippen molar-refractivity contribution >= 4 is 40.0 Å². The Morgan fingerprint density at radius 2 is 1.59 bits per heavy atom. The van der Waals surface area contributed by atoms with Gasteiger partial charge >= 0.3 is 18.0 Å². The molecule has 9 heteroatoms. The monoisotopic (exact) mass is 420 g/mol. The molecule has 0 saturated carbocycles. The van der Waals surface area contributed by atoms with Crippen LogP contribution in [0.3, 0.4) is 0 Å². The number of para-hydroxylation sites is 2. The number of carbonyl (C=O) groups excluding carboxylic acids is 3. The molecule has 2 rings (SSSR count). The van der Waals surface area contributed by atoms with Crippen LogP contribution in [-0.4, -0.2) is 37.8 Å². The van der Waals surface area contributed by atoms with Gasteiger partial charge in [-0.15, -0.1) is 11.3 Å². The van der Waals surface area contributed by atoms with Crippen molar-refractivity contribution in [2.24, 2.45) is 0 Å². The van der Waals surface area contributed by atoms with Gasteiger partial charge in [0, 0.05) is 0 Å². The Balaban J connectivity index is 2.30. The van der Waals surface area contributed by atoms with Crippen molar-refractivity contribution in [2.45, 2.75) is 27.7 Å². The van der Waals surface area contributed by atoms with E-state index in [0.717, 1.165) is 11.3 Å². The molecule has 0 saturated heterocycles. The van der Waals surface area contributed by atoms with Crippen LogP contribution in [0.5, 0.6) is 5.75 Å². The highest BCUT2D eigenvalue weighted by Crippen LogP contribution is 2.34. The molecule has 8 nitrogen and oxygen atoms in total. The first-order valence-electron chi connectivity index (χ1n) is 9.20. The molecule has 1 heterocycles. The van der Waals surface area contributed by atoms with Gasteiger partial charge in [0.15, 0.2) is 0 Å². The second kappa shape index (κ2) is 10.5. The summed E-state index contributed by atoms with van der Waals surface area (Å²) >= 11 is 0.963. The standard InChI is InChI=1S/C20H24N2O6S/c1-5-26-14-11-9-8-10-13(14)21-20(25)22-17-15(18(23)27-6-2)12(4)16(29-17)19(24)28-7-3/h8-11H,5-7H2,1-4H3,(H2,21,22,25). The van der Waals surface area contributed by atoms with Gasteiger partial charge in [-0.25, -0.2) is 14.4 Å². The second-order valence-corrected chi connectivity index (χ2v) is 6.73. The first kappa shape index (κ1) is 22.2. The Morgan fingerprint density at radius 1 is 0.931 bits per heavy atom. The van der Waals surface area contributed by atoms with Gasteiger partial charge in [0.25, 0.3) is 0 Å². The zero-order valence-electron chi connectivity index (χ0n) is 16.8. The fourth-order valence-corrected chi connectivity index (χ4v) is 3.63. The predicted octanol–water partition coefficient (Wildman–Crippen LogP) is 4.45. The largest absolute Gasteiger partial charge is 0.492 e. The van der Waals surface area contributed by atoms with Gasteiger partial charge in [-0.1, -0.05) is 12.1 Å². The lowest BCUT2D eigenvalue weighted by Gasteiger charge is -2.12. The van der Waals surface area contributed by atoms with Crippen molar-refractivity contribution in [1.29, 1.82) is 0 Å². The number of hydrogen-bond acceptors (Lipinski definition) is 7. The molecule has 1 aromatic carbocycles. The maximum atomic E-state index is 12.5. The van der Waals surface area contributed by atoms with Crippen LogP contribution in [0.15, 0.2) is 24.3 Å². The maximum Gasteiger partial charge on any atom is 0.348 e. The first-order valence-corrected chi connectivity index (χ1v) is 10.0. The average Bonchev–Trinajstić information content (AvgIpc) is 3.00. The molecule has 0 aliphatic carbocycles. The van der Waals surface area contributed by atoms with Crippen LogP contribution in [0.4, 0.5) is 15.5 Å². The Labute approximate surface area is 173 Å². The topological polar surface area (TPSA) is 103 Å². The molecule has 2 N–H and O–H groups in total. The molecule has 0 aliphatic heterocycles. The van der Waals surface area contributed by atoms with Crippen molar-refractivity contribution in [2.75, 3.05) is 30.5 Å². The van der Waals surface area contributed by atoms with Crippen LogP contribution in [-0.2, 0) is 9.47 Å². The fraction of sp³-hybridized carbons (Fsp3) is 0.350. The van der Waals surface area contributed by atoms with E-state index >= 15 is 0 Å².